The molecule has 0 fully saturated rings. The average Bonchev–Trinajstić information content (AvgIpc) is 3.03. The Morgan fingerprint density at radius 1 is 0.350 bits per heavy atom. The summed E-state index contributed by atoms with van der Waals surface area (Å²) in [4.78, 5) is 2.31. The van der Waals surface area contributed by atoms with E-state index in [2.05, 4.69) is 191 Å². The lowest BCUT2D eigenvalue weighted by molar-refractivity contribution is 1.28. The summed E-state index contributed by atoms with van der Waals surface area (Å²) >= 11 is 3.50. The molecule has 40 heavy (non-hydrogen) atoms. The van der Waals surface area contributed by atoms with Crippen molar-refractivity contribution in [3.8, 4) is 22.3 Å². The van der Waals surface area contributed by atoms with E-state index in [1.54, 1.807) is 0 Å². The van der Waals surface area contributed by atoms with Gasteiger partial charge in [0.25, 0.3) is 0 Å². The first-order chi connectivity index (χ1) is 19.7. The van der Waals surface area contributed by atoms with E-state index in [-0.39, 0.29) is 0 Å². The number of hydrogen-bond donors (Lipinski definition) is 0. The summed E-state index contributed by atoms with van der Waals surface area (Å²) in [6.07, 6.45) is 4.30. The molecule has 0 unspecified atom stereocenters. The monoisotopic (exact) mass is 577 g/mol. The zero-order valence-electron chi connectivity index (χ0n) is 22.0. The molecule has 192 valence electrons. The van der Waals surface area contributed by atoms with Crippen LogP contribution in [0.5, 0.6) is 0 Å². The number of rotatable bonds is 7. The molecule has 0 aliphatic rings. The van der Waals surface area contributed by atoms with Gasteiger partial charge in [0, 0.05) is 21.5 Å². The number of anilines is 3. The highest BCUT2D eigenvalue weighted by atomic mass is 79.9. The maximum atomic E-state index is 3.50. The molecule has 2 heteroatoms. The fraction of sp³-hybridized carbons (Fsp3) is 0. The van der Waals surface area contributed by atoms with Gasteiger partial charge in [-0.1, -0.05) is 137 Å². The Kier molecular flexibility index (Phi) is 7.70. The van der Waals surface area contributed by atoms with E-state index in [0.717, 1.165) is 27.1 Å². The SMILES string of the molecule is Brc1ccc(C=Cc2ccc(N(c3ccc(-c4ccccc4)cc3)c3ccc(-c4ccccc4)cc3)cc2)cc1. The highest BCUT2D eigenvalue weighted by Crippen LogP contribution is 2.37. The molecule has 0 atom stereocenters. The van der Waals surface area contributed by atoms with Gasteiger partial charge >= 0.3 is 0 Å². The first kappa shape index (κ1) is 25.6. The number of hydrogen-bond acceptors (Lipinski definition) is 1. The van der Waals surface area contributed by atoms with Crippen LogP contribution >= 0.6 is 15.9 Å². The molecule has 0 N–H and O–H groups in total. The summed E-state index contributed by atoms with van der Waals surface area (Å²) in [6.45, 7) is 0. The molecule has 0 bridgehead atoms. The molecule has 0 heterocycles. The van der Waals surface area contributed by atoms with Crippen LogP contribution < -0.4 is 4.90 Å². The van der Waals surface area contributed by atoms with Crippen molar-refractivity contribution < 1.29 is 0 Å². The van der Waals surface area contributed by atoms with E-state index in [4.69, 9.17) is 0 Å². The maximum Gasteiger partial charge on any atom is 0.0462 e. The second-order valence-electron chi connectivity index (χ2n) is 9.64. The second kappa shape index (κ2) is 12.0. The van der Waals surface area contributed by atoms with Gasteiger partial charge in [-0.05, 0) is 81.9 Å². The van der Waals surface area contributed by atoms with Crippen molar-refractivity contribution in [2.75, 3.05) is 4.90 Å². The molecular weight excluding hydrogens is 550 g/mol. The van der Waals surface area contributed by atoms with Gasteiger partial charge in [0.1, 0.15) is 0 Å². The predicted molar refractivity (Wildman–Crippen MR) is 175 cm³/mol. The molecular formula is C38H28BrN. The Morgan fingerprint density at radius 3 is 1.07 bits per heavy atom. The largest absolute Gasteiger partial charge is 0.311 e. The fourth-order valence-corrected chi connectivity index (χ4v) is 5.08. The van der Waals surface area contributed by atoms with Gasteiger partial charge in [-0.15, -0.1) is 0 Å². The second-order valence-corrected chi connectivity index (χ2v) is 10.6. The van der Waals surface area contributed by atoms with Crippen LogP contribution in [0.3, 0.4) is 0 Å². The molecule has 0 aliphatic carbocycles. The molecule has 6 aromatic carbocycles. The fourth-order valence-electron chi connectivity index (χ4n) is 4.82. The standard InChI is InChI=1S/C38H28BrN/c39-35-21-13-29(14-22-35)11-12-30-15-23-36(24-16-30)40(37-25-17-33(18-26-37)31-7-3-1-4-8-31)38-27-19-34(20-28-38)32-9-5-2-6-10-32/h1-28H. The summed E-state index contributed by atoms with van der Waals surface area (Å²) < 4.78 is 1.09. The van der Waals surface area contributed by atoms with Crippen molar-refractivity contribution in [3.05, 3.63) is 173 Å². The van der Waals surface area contributed by atoms with Gasteiger partial charge < -0.3 is 4.90 Å². The number of benzene rings is 6. The number of nitrogens with zero attached hydrogens (tertiary/aromatic N) is 1. The molecule has 1 nitrogen and oxygen atoms in total. The first-order valence-electron chi connectivity index (χ1n) is 13.4. The third kappa shape index (κ3) is 5.98. The van der Waals surface area contributed by atoms with Crippen molar-refractivity contribution in [3.63, 3.8) is 0 Å². The lowest BCUT2D eigenvalue weighted by Gasteiger charge is -2.26. The molecule has 6 aromatic rings. The Balaban J connectivity index is 1.33. The zero-order valence-corrected chi connectivity index (χ0v) is 23.6. The van der Waals surface area contributed by atoms with Gasteiger partial charge in [-0.2, -0.15) is 0 Å². The van der Waals surface area contributed by atoms with Gasteiger partial charge in [-0.3, -0.25) is 0 Å². The van der Waals surface area contributed by atoms with E-state index in [1.807, 2.05) is 0 Å². The van der Waals surface area contributed by atoms with Gasteiger partial charge in [0.05, 0.1) is 0 Å². The molecule has 6 rings (SSSR count). The van der Waals surface area contributed by atoms with Crippen LogP contribution in [0.4, 0.5) is 17.1 Å². The summed E-state index contributed by atoms with van der Waals surface area (Å²) in [5.74, 6) is 0. The smallest absolute Gasteiger partial charge is 0.0462 e. The third-order valence-electron chi connectivity index (χ3n) is 6.95. The van der Waals surface area contributed by atoms with Crippen molar-refractivity contribution in [1.29, 1.82) is 0 Å². The van der Waals surface area contributed by atoms with Crippen LogP contribution in [-0.2, 0) is 0 Å². The Labute approximate surface area is 244 Å². The van der Waals surface area contributed by atoms with Crippen molar-refractivity contribution in [2.24, 2.45) is 0 Å². The van der Waals surface area contributed by atoms with E-state index in [1.165, 1.54) is 27.8 Å². The summed E-state index contributed by atoms with van der Waals surface area (Å²) in [7, 11) is 0. The molecule has 0 spiro atoms. The van der Waals surface area contributed by atoms with Crippen LogP contribution in [0.1, 0.15) is 11.1 Å². The molecule has 0 radical (unpaired) electrons. The highest BCUT2D eigenvalue weighted by Gasteiger charge is 2.13. The van der Waals surface area contributed by atoms with E-state index < -0.39 is 0 Å². The minimum absolute atomic E-state index is 1.09. The van der Waals surface area contributed by atoms with Crippen molar-refractivity contribution >= 4 is 45.1 Å². The Hall–Kier alpha value is -4.66. The highest BCUT2D eigenvalue weighted by molar-refractivity contribution is 9.10. The predicted octanol–water partition coefficient (Wildman–Crippen LogP) is 11.4. The van der Waals surface area contributed by atoms with Gasteiger partial charge in [0.15, 0.2) is 0 Å². The van der Waals surface area contributed by atoms with Crippen molar-refractivity contribution in [2.45, 2.75) is 0 Å². The summed E-state index contributed by atoms with van der Waals surface area (Å²) in [5.41, 5.74) is 10.5. The summed E-state index contributed by atoms with van der Waals surface area (Å²) in [6, 6.07) is 55.7. The minimum Gasteiger partial charge on any atom is -0.311 e. The van der Waals surface area contributed by atoms with Crippen LogP contribution in [-0.4, -0.2) is 0 Å². The lowest BCUT2D eigenvalue weighted by atomic mass is 10.0. The van der Waals surface area contributed by atoms with Crippen LogP contribution in [0.2, 0.25) is 0 Å². The van der Waals surface area contributed by atoms with Gasteiger partial charge in [-0.25, -0.2) is 0 Å². The van der Waals surface area contributed by atoms with Gasteiger partial charge in [0.2, 0.25) is 0 Å². The molecule has 0 amide bonds. The Bertz CT molecular complexity index is 1600. The Morgan fingerprint density at radius 2 is 0.675 bits per heavy atom. The van der Waals surface area contributed by atoms with E-state index in [0.29, 0.717) is 0 Å². The normalized spacial score (nSPS) is 11.0. The quantitative estimate of drug-likeness (QED) is 0.170. The van der Waals surface area contributed by atoms with Crippen LogP contribution in [0.25, 0.3) is 34.4 Å². The topological polar surface area (TPSA) is 3.24 Å². The van der Waals surface area contributed by atoms with Crippen LogP contribution in [0.15, 0.2) is 162 Å². The molecule has 0 saturated carbocycles. The molecule has 0 saturated heterocycles. The van der Waals surface area contributed by atoms with Crippen LogP contribution in [0, 0.1) is 0 Å². The van der Waals surface area contributed by atoms with Crippen molar-refractivity contribution in [1.82, 2.24) is 0 Å². The minimum atomic E-state index is 1.09. The third-order valence-corrected chi connectivity index (χ3v) is 7.48. The summed E-state index contributed by atoms with van der Waals surface area (Å²) in [5, 5.41) is 0. The first-order valence-corrected chi connectivity index (χ1v) is 14.2. The lowest BCUT2D eigenvalue weighted by Crippen LogP contribution is -2.09. The molecule has 0 aliphatic heterocycles. The average molecular weight is 579 g/mol. The van der Waals surface area contributed by atoms with E-state index in [9.17, 15) is 0 Å². The number of halogens is 1. The maximum absolute atomic E-state index is 3.50. The zero-order chi connectivity index (χ0) is 27.1. The van der Waals surface area contributed by atoms with E-state index >= 15 is 0 Å². The molecule has 0 aromatic heterocycles.